The first-order valence-electron chi connectivity index (χ1n) is 6.68. The first-order chi connectivity index (χ1) is 9.56. The molecule has 0 radical (unpaired) electrons. The number of anilines is 1. The Morgan fingerprint density at radius 1 is 1.40 bits per heavy atom. The van der Waals surface area contributed by atoms with E-state index in [9.17, 15) is 4.21 Å². The lowest BCUT2D eigenvalue weighted by atomic mass is 10.1. The monoisotopic (exact) mass is 312 g/mol. The van der Waals surface area contributed by atoms with Gasteiger partial charge in [-0.15, -0.1) is 11.3 Å². The van der Waals surface area contributed by atoms with Crippen molar-refractivity contribution < 1.29 is 8.95 Å². The van der Waals surface area contributed by atoms with E-state index in [0.29, 0.717) is 28.3 Å². The SMILES string of the molecule is CC(C)CCOCCS(=O)c1nc2ccc(N)cc2s1. The van der Waals surface area contributed by atoms with Gasteiger partial charge in [0.05, 0.1) is 33.4 Å². The maximum Gasteiger partial charge on any atom is 0.181 e. The van der Waals surface area contributed by atoms with Gasteiger partial charge >= 0.3 is 0 Å². The molecule has 0 bridgehead atoms. The molecule has 0 spiro atoms. The van der Waals surface area contributed by atoms with Crippen molar-refractivity contribution in [1.82, 2.24) is 4.98 Å². The van der Waals surface area contributed by atoms with Gasteiger partial charge in [-0.3, -0.25) is 4.21 Å². The fourth-order valence-electron chi connectivity index (χ4n) is 1.66. The Kier molecular flexibility index (Phi) is 5.51. The third-order valence-corrected chi connectivity index (χ3v) is 5.48. The smallest absolute Gasteiger partial charge is 0.181 e. The molecule has 0 fully saturated rings. The minimum atomic E-state index is -1.10. The first-order valence-corrected chi connectivity index (χ1v) is 8.82. The van der Waals surface area contributed by atoms with Crippen LogP contribution in [0.2, 0.25) is 0 Å². The van der Waals surface area contributed by atoms with Gasteiger partial charge in [-0.1, -0.05) is 13.8 Å². The van der Waals surface area contributed by atoms with Crippen LogP contribution in [0.15, 0.2) is 22.5 Å². The molecule has 1 aromatic carbocycles. The van der Waals surface area contributed by atoms with Crippen LogP contribution in [0.5, 0.6) is 0 Å². The van der Waals surface area contributed by atoms with Gasteiger partial charge in [-0.2, -0.15) is 0 Å². The molecule has 1 aromatic heterocycles. The molecule has 0 aliphatic heterocycles. The van der Waals surface area contributed by atoms with Crippen LogP contribution < -0.4 is 5.73 Å². The maximum atomic E-state index is 12.1. The van der Waals surface area contributed by atoms with Crippen molar-refractivity contribution in [3.63, 3.8) is 0 Å². The van der Waals surface area contributed by atoms with E-state index in [-0.39, 0.29) is 0 Å². The molecule has 2 N–H and O–H groups in total. The van der Waals surface area contributed by atoms with Crippen molar-refractivity contribution in [3.8, 4) is 0 Å². The number of aromatic nitrogens is 1. The number of hydrogen-bond donors (Lipinski definition) is 1. The predicted octanol–water partition coefficient (Wildman–Crippen LogP) is 3.05. The lowest BCUT2D eigenvalue weighted by Crippen LogP contribution is -2.08. The largest absolute Gasteiger partial charge is 0.399 e. The molecule has 110 valence electrons. The van der Waals surface area contributed by atoms with Crippen LogP contribution in [0, 0.1) is 5.92 Å². The lowest BCUT2D eigenvalue weighted by Gasteiger charge is -2.05. The average molecular weight is 312 g/mol. The van der Waals surface area contributed by atoms with Crippen molar-refractivity contribution in [1.29, 1.82) is 0 Å². The molecule has 2 rings (SSSR count). The summed E-state index contributed by atoms with van der Waals surface area (Å²) in [5.74, 6) is 1.13. The van der Waals surface area contributed by atoms with Gasteiger partial charge in [0, 0.05) is 12.3 Å². The minimum absolute atomic E-state index is 0.493. The fourth-order valence-corrected chi connectivity index (χ4v) is 3.94. The summed E-state index contributed by atoms with van der Waals surface area (Å²) in [5.41, 5.74) is 7.29. The Balaban J connectivity index is 1.88. The minimum Gasteiger partial charge on any atom is -0.399 e. The maximum absolute atomic E-state index is 12.1. The molecule has 1 atom stereocenters. The standard InChI is InChI=1S/C14H20N2O2S2/c1-10(2)5-6-18-7-8-20(17)14-16-12-4-3-11(15)9-13(12)19-14/h3-4,9-10H,5-8,15H2,1-2H3. The zero-order valence-corrected chi connectivity index (χ0v) is 13.4. The van der Waals surface area contributed by atoms with E-state index < -0.39 is 10.8 Å². The second-order valence-electron chi connectivity index (χ2n) is 5.05. The summed E-state index contributed by atoms with van der Waals surface area (Å²) in [7, 11) is -1.10. The number of hydrogen-bond acceptors (Lipinski definition) is 5. The van der Waals surface area contributed by atoms with E-state index in [0.717, 1.165) is 23.2 Å². The molecule has 0 aliphatic carbocycles. The zero-order chi connectivity index (χ0) is 14.5. The Hall–Kier alpha value is -0.980. The summed E-state index contributed by atoms with van der Waals surface area (Å²) in [6.07, 6.45) is 1.03. The second-order valence-corrected chi connectivity index (χ2v) is 7.83. The number of rotatable bonds is 7. The van der Waals surface area contributed by atoms with Gasteiger partial charge in [-0.25, -0.2) is 4.98 Å². The Bertz CT molecular complexity index is 596. The Morgan fingerprint density at radius 3 is 2.95 bits per heavy atom. The normalized spacial score (nSPS) is 13.2. The number of thiazole rings is 1. The van der Waals surface area contributed by atoms with Gasteiger partial charge in [0.2, 0.25) is 0 Å². The average Bonchev–Trinajstić information content (AvgIpc) is 2.80. The second kappa shape index (κ2) is 7.15. The summed E-state index contributed by atoms with van der Waals surface area (Å²) in [6.45, 7) is 5.56. The van der Waals surface area contributed by atoms with E-state index in [2.05, 4.69) is 18.8 Å². The van der Waals surface area contributed by atoms with Crippen molar-refractivity contribution in [3.05, 3.63) is 18.2 Å². The number of nitrogens with two attached hydrogens (primary N) is 1. The molecule has 0 saturated heterocycles. The quantitative estimate of drug-likeness (QED) is 0.630. The highest BCUT2D eigenvalue weighted by Gasteiger charge is 2.11. The van der Waals surface area contributed by atoms with Crippen LogP contribution in [-0.4, -0.2) is 28.2 Å². The zero-order valence-electron chi connectivity index (χ0n) is 11.8. The molecule has 2 aromatic rings. The molecule has 0 aliphatic rings. The summed E-state index contributed by atoms with van der Waals surface area (Å²) in [5, 5.41) is 0. The summed E-state index contributed by atoms with van der Waals surface area (Å²) in [6, 6.07) is 5.54. The molecule has 4 nitrogen and oxygen atoms in total. The van der Waals surface area contributed by atoms with Gasteiger partial charge in [0.15, 0.2) is 4.34 Å². The molecular weight excluding hydrogens is 292 g/mol. The van der Waals surface area contributed by atoms with Gasteiger partial charge in [0.25, 0.3) is 0 Å². The molecule has 0 amide bonds. The lowest BCUT2D eigenvalue weighted by molar-refractivity contribution is 0.138. The van der Waals surface area contributed by atoms with Gasteiger partial charge < -0.3 is 10.5 Å². The van der Waals surface area contributed by atoms with E-state index in [1.165, 1.54) is 11.3 Å². The molecule has 1 unspecified atom stereocenters. The van der Waals surface area contributed by atoms with Gasteiger partial charge in [0.1, 0.15) is 0 Å². The van der Waals surface area contributed by atoms with Crippen LogP contribution in [-0.2, 0) is 15.5 Å². The molecular formula is C14H20N2O2S2. The van der Waals surface area contributed by atoms with E-state index in [1.54, 1.807) is 0 Å². The summed E-state index contributed by atoms with van der Waals surface area (Å²) in [4.78, 5) is 4.39. The fraction of sp³-hybridized carbons (Fsp3) is 0.500. The Morgan fingerprint density at radius 2 is 2.20 bits per heavy atom. The van der Waals surface area contributed by atoms with Crippen LogP contribution in [0.4, 0.5) is 5.69 Å². The summed E-state index contributed by atoms with van der Waals surface area (Å²) >= 11 is 1.44. The number of nitrogen functional groups attached to an aromatic ring is 1. The number of nitrogens with zero attached hydrogens (tertiary/aromatic N) is 1. The van der Waals surface area contributed by atoms with E-state index in [4.69, 9.17) is 10.5 Å². The highest BCUT2D eigenvalue weighted by molar-refractivity contribution is 7.87. The predicted molar refractivity (Wildman–Crippen MR) is 85.6 cm³/mol. The highest BCUT2D eigenvalue weighted by Crippen LogP contribution is 2.26. The van der Waals surface area contributed by atoms with Crippen molar-refractivity contribution in [2.45, 2.75) is 24.6 Å². The van der Waals surface area contributed by atoms with Crippen LogP contribution in [0.25, 0.3) is 10.2 Å². The third kappa shape index (κ3) is 4.26. The number of benzene rings is 1. The van der Waals surface area contributed by atoms with Crippen LogP contribution in [0.3, 0.4) is 0 Å². The van der Waals surface area contributed by atoms with Crippen LogP contribution in [0.1, 0.15) is 20.3 Å². The topological polar surface area (TPSA) is 65.2 Å². The molecule has 20 heavy (non-hydrogen) atoms. The van der Waals surface area contributed by atoms with Crippen molar-refractivity contribution in [2.24, 2.45) is 5.92 Å². The van der Waals surface area contributed by atoms with E-state index in [1.807, 2.05) is 18.2 Å². The number of fused-ring (bicyclic) bond motifs is 1. The first kappa shape index (κ1) is 15.4. The Labute approximate surface area is 125 Å². The molecule has 6 heteroatoms. The molecule has 0 saturated carbocycles. The molecule has 1 heterocycles. The third-order valence-electron chi connectivity index (χ3n) is 2.84. The van der Waals surface area contributed by atoms with Crippen LogP contribution >= 0.6 is 11.3 Å². The van der Waals surface area contributed by atoms with Gasteiger partial charge in [-0.05, 0) is 30.5 Å². The summed E-state index contributed by atoms with van der Waals surface area (Å²) < 4.78 is 19.3. The highest BCUT2D eigenvalue weighted by atomic mass is 32.2. The van der Waals surface area contributed by atoms with Crippen molar-refractivity contribution >= 4 is 38.0 Å². The number of ether oxygens (including phenoxy) is 1. The van der Waals surface area contributed by atoms with Crippen molar-refractivity contribution in [2.75, 3.05) is 24.7 Å². The van der Waals surface area contributed by atoms with E-state index >= 15 is 0 Å².